The molecule has 1 saturated carbocycles. The molecule has 1 aliphatic rings. The second kappa shape index (κ2) is 7.36. The summed E-state index contributed by atoms with van der Waals surface area (Å²) in [6, 6.07) is 5.62. The highest BCUT2D eigenvalue weighted by Crippen LogP contribution is 2.43. The van der Waals surface area contributed by atoms with Crippen LogP contribution in [0.4, 0.5) is 10.2 Å². The van der Waals surface area contributed by atoms with Crippen LogP contribution in [-0.4, -0.2) is 32.7 Å². The summed E-state index contributed by atoms with van der Waals surface area (Å²) in [7, 11) is 3.40. The maximum Gasteiger partial charge on any atom is 0.199 e. The predicted octanol–water partition coefficient (Wildman–Crippen LogP) is 5.18. The van der Waals surface area contributed by atoms with Gasteiger partial charge in [-0.25, -0.2) is 19.3 Å². The van der Waals surface area contributed by atoms with Crippen molar-refractivity contribution in [1.82, 2.24) is 19.5 Å². The minimum Gasteiger partial charge on any atom is -0.494 e. The first-order chi connectivity index (χ1) is 14.6. The van der Waals surface area contributed by atoms with E-state index in [-0.39, 0.29) is 11.6 Å². The molecule has 3 aromatic heterocycles. The molecule has 154 valence electrons. The smallest absolute Gasteiger partial charge is 0.199 e. The van der Waals surface area contributed by atoms with Crippen LogP contribution in [0.15, 0.2) is 30.6 Å². The van der Waals surface area contributed by atoms with Crippen molar-refractivity contribution in [2.45, 2.75) is 32.2 Å². The van der Waals surface area contributed by atoms with Gasteiger partial charge < -0.3 is 14.6 Å². The van der Waals surface area contributed by atoms with Gasteiger partial charge in [-0.2, -0.15) is 0 Å². The minimum atomic E-state index is -0.361. The molecule has 8 heteroatoms. The SMILES string of the molecule is COc1cccc(-c2sc3nc(-c4nccn4C)nc(NC4CCC4)c3c2C)c1F. The van der Waals surface area contributed by atoms with E-state index in [2.05, 4.69) is 10.3 Å². The molecule has 0 spiro atoms. The van der Waals surface area contributed by atoms with E-state index in [4.69, 9.17) is 14.7 Å². The number of ether oxygens (including phenoxy) is 1. The number of aryl methyl sites for hydroxylation is 2. The number of imidazole rings is 1. The molecule has 30 heavy (non-hydrogen) atoms. The molecule has 1 fully saturated rings. The summed E-state index contributed by atoms with van der Waals surface area (Å²) >= 11 is 1.47. The van der Waals surface area contributed by atoms with Crippen molar-refractivity contribution >= 4 is 27.4 Å². The summed E-state index contributed by atoms with van der Waals surface area (Å²) < 4.78 is 22.1. The molecule has 0 aliphatic heterocycles. The molecule has 0 radical (unpaired) electrons. The lowest BCUT2D eigenvalue weighted by molar-refractivity contribution is 0.387. The number of nitrogens with one attached hydrogen (secondary N) is 1. The number of methoxy groups -OCH3 is 1. The summed E-state index contributed by atoms with van der Waals surface area (Å²) in [5.41, 5.74) is 1.48. The Labute approximate surface area is 177 Å². The quantitative estimate of drug-likeness (QED) is 0.479. The van der Waals surface area contributed by atoms with Gasteiger partial charge in [0.15, 0.2) is 23.2 Å². The van der Waals surface area contributed by atoms with Gasteiger partial charge in [0.2, 0.25) is 0 Å². The van der Waals surface area contributed by atoms with Crippen LogP contribution in [0, 0.1) is 12.7 Å². The lowest BCUT2D eigenvalue weighted by Crippen LogP contribution is -2.27. The number of nitrogens with zero attached hydrogens (tertiary/aromatic N) is 4. The van der Waals surface area contributed by atoms with E-state index < -0.39 is 0 Å². The standard InChI is InChI=1S/C22H22FN5OS/c1-12-16-19(25-13-6-4-7-13)26-20(21-24-10-11-28(21)2)27-22(16)30-18(12)14-8-5-9-15(29-3)17(14)23/h5,8-11,13H,4,6-7H2,1-3H3,(H,25,26,27). The predicted molar refractivity (Wildman–Crippen MR) is 118 cm³/mol. The van der Waals surface area contributed by atoms with Gasteiger partial charge >= 0.3 is 0 Å². The van der Waals surface area contributed by atoms with Crippen molar-refractivity contribution in [3.63, 3.8) is 0 Å². The second-order valence-corrected chi connectivity index (χ2v) is 8.59. The normalized spacial score (nSPS) is 14.1. The molecule has 1 aliphatic carbocycles. The van der Waals surface area contributed by atoms with Gasteiger partial charge in [0.25, 0.3) is 0 Å². The molecule has 6 nitrogen and oxygen atoms in total. The Balaban J connectivity index is 1.72. The zero-order chi connectivity index (χ0) is 20.8. The maximum absolute atomic E-state index is 15.0. The monoisotopic (exact) mass is 423 g/mol. The van der Waals surface area contributed by atoms with E-state index in [0.717, 1.165) is 39.3 Å². The van der Waals surface area contributed by atoms with Crippen molar-refractivity contribution in [2.24, 2.45) is 7.05 Å². The average Bonchev–Trinajstić information content (AvgIpc) is 3.28. The Morgan fingerprint density at radius 3 is 2.77 bits per heavy atom. The van der Waals surface area contributed by atoms with Crippen molar-refractivity contribution in [3.8, 4) is 27.8 Å². The van der Waals surface area contributed by atoms with Gasteiger partial charge in [-0.1, -0.05) is 12.1 Å². The number of rotatable bonds is 5. The van der Waals surface area contributed by atoms with Crippen molar-refractivity contribution in [1.29, 1.82) is 0 Å². The Morgan fingerprint density at radius 1 is 1.27 bits per heavy atom. The van der Waals surface area contributed by atoms with Crippen LogP contribution in [0.2, 0.25) is 0 Å². The molecule has 0 unspecified atom stereocenters. The fraction of sp³-hybridized carbons (Fsp3) is 0.318. The van der Waals surface area contributed by atoms with Crippen molar-refractivity contribution in [2.75, 3.05) is 12.4 Å². The minimum absolute atomic E-state index is 0.233. The number of benzene rings is 1. The van der Waals surface area contributed by atoms with Crippen LogP contribution in [0.1, 0.15) is 24.8 Å². The lowest BCUT2D eigenvalue weighted by atomic mass is 9.93. The summed E-state index contributed by atoms with van der Waals surface area (Å²) in [6.45, 7) is 2.00. The van der Waals surface area contributed by atoms with Crippen LogP contribution in [0.5, 0.6) is 5.75 Å². The van der Waals surface area contributed by atoms with Gasteiger partial charge in [-0.05, 0) is 37.8 Å². The van der Waals surface area contributed by atoms with E-state index >= 15 is 4.39 Å². The third kappa shape index (κ3) is 3.02. The zero-order valence-corrected chi connectivity index (χ0v) is 17.9. The fourth-order valence-electron chi connectivity index (χ4n) is 3.77. The Bertz CT molecular complexity index is 1240. The van der Waals surface area contributed by atoms with E-state index in [1.54, 1.807) is 24.4 Å². The lowest BCUT2D eigenvalue weighted by Gasteiger charge is -2.27. The molecule has 1 N–H and O–H groups in total. The van der Waals surface area contributed by atoms with Crippen LogP contribution >= 0.6 is 11.3 Å². The fourth-order valence-corrected chi connectivity index (χ4v) is 4.97. The Hall–Kier alpha value is -3.00. The molecule has 0 atom stereocenters. The number of thiophene rings is 1. The van der Waals surface area contributed by atoms with Crippen LogP contribution < -0.4 is 10.1 Å². The van der Waals surface area contributed by atoms with E-state index in [0.29, 0.717) is 23.3 Å². The summed E-state index contributed by atoms with van der Waals surface area (Å²) in [5.74, 6) is 1.94. The molecule has 3 heterocycles. The van der Waals surface area contributed by atoms with Gasteiger partial charge in [-0.3, -0.25) is 0 Å². The number of fused-ring (bicyclic) bond motifs is 1. The summed E-state index contributed by atoms with van der Waals surface area (Å²) in [6.07, 6.45) is 7.09. The molecule has 0 bridgehead atoms. The molecule has 5 rings (SSSR count). The van der Waals surface area contributed by atoms with Crippen LogP contribution in [-0.2, 0) is 7.05 Å². The molecule has 1 aromatic carbocycles. The van der Waals surface area contributed by atoms with Crippen molar-refractivity contribution in [3.05, 3.63) is 42.0 Å². The molecule has 4 aromatic rings. The number of halogens is 1. The third-order valence-corrected chi connectivity index (χ3v) is 6.90. The average molecular weight is 424 g/mol. The molecular weight excluding hydrogens is 401 g/mol. The van der Waals surface area contributed by atoms with E-state index in [1.807, 2.05) is 24.7 Å². The first-order valence-corrected chi connectivity index (χ1v) is 10.8. The van der Waals surface area contributed by atoms with E-state index in [9.17, 15) is 0 Å². The van der Waals surface area contributed by atoms with Gasteiger partial charge in [0, 0.05) is 35.9 Å². The van der Waals surface area contributed by atoms with Gasteiger partial charge in [0.05, 0.1) is 12.5 Å². The first-order valence-electron chi connectivity index (χ1n) is 9.95. The number of hydrogen-bond acceptors (Lipinski definition) is 6. The Morgan fingerprint density at radius 2 is 2.10 bits per heavy atom. The summed E-state index contributed by atoms with van der Waals surface area (Å²) in [5, 5.41) is 4.53. The largest absolute Gasteiger partial charge is 0.494 e. The Kier molecular flexibility index (Phi) is 4.66. The topological polar surface area (TPSA) is 64.9 Å². The second-order valence-electron chi connectivity index (χ2n) is 7.59. The highest BCUT2D eigenvalue weighted by atomic mass is 32.1. The van der Waals surface area contributed by atoms with Crippen molar-refractivity contribution < 1.29 is 9.13 Å². The number of aromatic nitrogens is 4. The molecular formula is C22H22FN5OS. The first kappa shape index (κ1) is 19.0. The van der Waals surface area contributed by atoms with Gasteiger partial charge in [-0.15, -0.1) is 11.3 Å². The van der Waals surface area contributed by atoms with Crippen LogP contribution in [0.25, 0.3) is 32.3 Å². The van der Waals surface area contributed by atoms with E-state index in [1.165, 1.54) is 24.9 Å². The van der Waals surface area contributed by atoms with Crippen LogP contribution in [0.3, 0.4) is 0 Å². The zero-order valence-electron chi connectivity index (χ0n) is 17.1. The summed E-state index contributed by atoms with van der Waals surface area (Å²) in [4.78, 5) is 15.7. The number of anilines is 1. The third-order valence-electron chi connectivity index (χ3n) is 5.69. The highest BCUT2D eigenvalue weighted by molar-refractivity contribution is 7.22. The number of hydrogen-bond donors (Lipinski definition) is 1. The molecule has 0 amide bonds. The highest BCUT2D eigenvalue weighted by Gasteiger charge is 2.24. The van der Waals surface area contributed by atoms with Gasteiger partial charge in [0.1, 0.15) is 10.6 Å². The molecule has 0 saturated heterocycles. The maximum atomic E-state index is 15.0.